The summed E-state index contributed by atoms with van der Waals surface area (Å²) in [6.45, 7) is 1.76. The SMILES string of the molecule is COc1cc(/C=C2/NC(=S)N(C)C2=O)ccc1OCC(=O)Nc1ccccc1C. The number of carbonyl (C=O) groups excluding carboxylic acids is 2. The van der Waals surface area contributed by atoms with E-state index in [-0.39, 0.29) is 18.4 Å². The van der Waals surface area contributed by atoms with E-state index in [0.717, 1.165) is 16.8 Å². The Morgan fingerprint density at radius 1 is 1.24 bits per heavy atom. The van der Waals surface area contributed by atoms with Crippen molar-refractivity contribution in [3.05, 3.63) is 59.3 Å². The molecule has 0 radical (unpaired) electrons. The maximum absolute atomic E-state index is 12.2. The fraction of sp³-hybridized carbons (Fsp3) is 0.190. The van der Waals surface area contributed by atoms with Gasteiger partial charge in [0.1, 0.15) is 5.70 Å². The van der Waals surface area contributed by atoms with Gasteiger partial charge in [-0.1, -0.05) is 24.3 Å². The summed E-state index contributed by atoms with van der Waals surface area (Å²) in [6.07, 6.45) is 1.68. The Balaban J connectivity index is 1.68. The van der Waals surface area contributed by atoms with E-state index >= 15 is 0 Å². The van der Waals surface area contributed by atoms with Crippen LogP contribution in [0.4, 0.5) is 5.69 Å². The van der Waals surface area contributed by atoms with Crippen LogP contribution in [0.25, 0.3) is 6.08 Å². The zero-order valence-corrected chi connectivity index (χ0v) is 17.1. The minimum Gasteiger partial charge on any atom is -0.493 e. The second-order valence-electron chi connectivity index (χ2n) is 6.41. The molecular formula is C21H21N3O4S. The summed E-state index contributed by atoms with van der Waals surface area (Å²) in [5, 5.41) is 6.03. The highest BCUT2D eigenvalue weighted by Gasteiger charge is 2.27. The largest absolute Gasteiger partial charge is 0.493 e. The number of para-hydroxylation sites is 1. The number of benzene rings is 2. The number of rotatable bonds is 6. The van der Waals surface area contributed by atoms with Crippen molar-refractivity contribution >= 4 is 40.9 Å². The summed E-state index contributed by atoms with van der Waals surface area (Å²) in [5.41, 5.74) is 2.82. The lowest BCUT2D eigenvalue weighted by molar-refractivity contribution is -0.121. The van der Waals surface area contributed by atoms with Crippen molar-refractivity contribution in [2.75, 3.05) is 26.1 Å². The highest BCUT2D eigenvalue weighted by atomic mass is 32.1. The molecule has 0 aliphatic carbocycles. The minimum atomic E-state index is -0.273. The molecule has 29 heavy (non-hydrogen) atoms. The lowest BCUT2D eigenvalue weighted by Gasteiger charge is -2.12. The van der Waals surface area contributed by atoms with Crippen molar-refractivity contribution in [1.82, 2.24) is 10.2 Å². The average Bonchev–Trinajstić information content (AvgIpc) is 2.95. The van der Waals surface area contributed by atoms with Gasteiger partial charge in [0.25, 0.3) is 11.8 Å². The number of hydrogen-bond donors (Lipinski definition) is 2. The van der Waals surface area contributed by atoms with Crippen LogP contribution in [0.15, 0.2) is 48.2 Å². The third-order valence-corrected chi connectivity index (χ3v) is 4.73. The second kappa shape index (κ2) is 8.74. The van der Waals surface area contributed by atoms with Crippen LogP contribution in [0, 0.1) is 6.92 Å². The summed E-state index contributed by atoms with van der Waals surface area (Å²) in [5.74, 6) is 0.393. The number of nitrogens with zero attached hydrogens (tertiary/aromatic N) is 1. The van der Waals surface area contributed by atoms with Crippen molar-refractivity contribution in [2.45, 2.75) is 6.92 Å². The van der Waals surface area contributed by atoms with E-state index in [4.69, 9.17) is 21.7 Å². The molecule has 2 aromatic rings. The maximum Gasteiger partial charge on any atom is 0.276 e. The van der Waals surface area contributed by atoms with Gasteiger partial charge in [-0.05, 0) is 54.5 Å². The van der Waals surface area contributed by atoms with E-state index in [1.54, 1.807) is 31.3 Å². The molecule has 1 heterocycles. The fourth-order valence-corrected chi connectivity index (χ4v) is 2.92. The molecule has 2 aromatic carbocycles. The fourth-order valence-electron chi connectivity index (χ4n) is 2.73. The van der Waals surface area contributed by atoms with Crippen LogP contribution in [-0.2, 0) is 9.59 Å². The first-order valence-electron chi connectivity index (χ1n) is 8.86. The van der Waals surface area contributed by atoms with Gasteiger partial charge in [-0.15, -0.1) is 0 Å². The normalized spacial score (nSPS) is 14.7. The van der Waals surface area contributed by atoms with E-state index in [9.17, 15) is 9.59 Å². The van der Waals surface area contributed by atoms with Crippen LogP contribution >= 0.6 is 12.2 Å². The first kappa shape index (κ1) is 20.3. The van der Waals surface area contributed by atoms with E-state index in [2.05, 4.69) is 10.6 Å². The van der Waals surface area contributed by atoms with E-state index in [1.165, 1.54) is 12.0 Å². The molecule has 8 heteroatoms. The van der Waals surface area contributed by atoms with E-state index < -0.39 is 0 Å². The molecule has 2 N–H and O–H groups in total. The van der Waals surface area contributed by atoms with Crippen LogP contribution in [0.2, 0.25) is 0 Å². The molecule has 3 rings (SSSR count). The summed E-state index contributed by atoms with van der Waals surface area (Å²) in [4.78, 5) is 25.6. The second-order valence-corrected chi connectivity index (χ2v) is 6.80. The van der Waals surface area contributed by atoms with Gasteiger partial charge >= 0.3 is 0 Å². The molecule has 1 saturated heterocycles. The molecule has 1 fully saturated rings. The highest BCUT2D eigenvalue weighted by Crippen LogP contribution is 2.29. The zero-order chi connectivity index (χ0) is 21.0. The van der Waals surface area contributed by atoms with Crippen molar-refractivity contribution in [1.29, 1.82) is 0 Å². The van der Waals surface area contributed by atoms with Gasteiger partial charge in [-0.2, -0.15) is 0 Å². The summed E-state index contributed by atoms with van der Waals surface area (Å²) in [6, 6.07) is 12.7. The molecule has 1 aliphatic rings. The van der Waals surface area contributed by atoms with Gasteiger partial charge in [-0.3, -0.25) is 14.5 Å². The Bertz CT molecular complexity index is 1000. The smallest absolute Gasteiger partial charge is 0.276 e. The molecule has 0 atom stereocenters. The Labute approximate surface area is 174 Å². The Morgan fingerprint density at radius 2 is 2.00 bits per heavy atom. The lowest BCUT2D eigenvalue weighted by atomic mass is 10.1. The van der Waals surface area contributed by atoms with Crippen LogP contribution in [-0.4, -0.2) is 42.6 Å². The number of methoxy groups -OCH3 is 1. The highest BCUT2D eigenvalue weighted by molar-refractivity contribution is 7.80. The Morgan fingerprint density at radius 3 is 2.66 bits per heavy atom. The molecule has 150 valence electrons. The first-order chi connectivity index (χ1) is 13.9. The summed E-state index contributed by atoms with van der Waals surface area (Å²) in [7, 11) is 3.12. The van der Waals surface area contributed by atoms with E-state index in [0.29, 0.717) is 22.3 Å². The molecule has 7 nitrogen and oxygen atoms in total. The van der Waals surface area contributed by atoms with Crippen LogP contribution < -0.4 is 20.1 Å². The van der Waals surface area contributed by atoms with Crippen LogP contribution in [0.1, 0.15) is 11.1 Å². The number of thiocarbonyl (C=S) groups is 1. The Hall–Kier alpha value is -3.39. The van der Waals surface area contributed by atoms with Crippen molar-refractivity contribution in [3.63, 3.8) is 0 Å². The molecule has 0 unspecified atom stereocenters. The van der Waals surface area contributed by atoms with Gasteiger partial charge < -0.3 is 20.1 Å². The molecule has 2 amide bonds. The number of likely N-dealkylation sites (N-methyl/N-ethyl adjacent to an activating group) is 1. The number of ether oxygens (including phenoxy) is 2. The van der Waals surface area contributed by atoms with Gasteiger partial charge in [0.05, 0.1) is 7.11 Å². The molecule has 0 saturated carbocycles. The average molecular weight is 411 g/mol. The maximum atomic E-state index is 12.2. The molecule has 0 bridgehead atoms. The number of carbonyl (C=O) groups is 2. The van der Waals surface area contributed by atoms with E-state index in [1.807, 2.05) is 31.2 Å². The molecule has 0 spiro atoms. The standard InChI is InChI=1S/C21H21N3O4S/c1-13-6-4-5-7-15(13)22-19(25)12-28-17-9-8-14(11-18(17)27-3)10-16-20(26)24(2)21(29)23-16/h4-11H,12H2,1-3H3,(H,22,25)(H,23,29)/b16-10+. The topological polar surface area (TPSA) is 79.9 Å². The monoisotopic (exact) mass is 411 g/mol. The predicted molar refractivity (Wildman–Crippen MR) is 115 cm³/mol. The predicted octanol–water partition coefficient (Wildman–Crippen LogP) is 2.71. The number of hydrogen-bond acceptors (Lipinski definition) is 5. The van der Waals surface area contributed by atoms with Crippen molar-refractivity contribution in [2.24, 2.45) is 0 Å². The number of anilines is 1. The molecule has 1 aliphatic heterocycles. The lowest BCUT2D eigenvalue weighted by Crippen LogP contribution is -2.25. The van der Waals surface area contributed by atoms with Gasteiger partial charge in [0.2, 0.25) is 0 Å². The third kappa shape index (κ3) is 4.72. The molecule has 0 aromatic heterocycles. The van der Waals surface area contributed by atoms with Crippen molar-refractivity contribution in [3.8, 4) is 11.5 Å². The quantitative estimate of drug-likeness (QED) is 0.562. The van der Waals surface area contributed by atoms with Crippen LogP contribution in [0.5, 0.6) is 11.5 Å². The van der Waals surface area contributed by atoms with Gasteiger partial charge in [0.15, 0.2) is 23.2 Å². The zero-order valence-electron chi connectivity index (χ0n) is 16.3. The van der Waals surface area contributed by atoms with Crippen LogP contribution in [0.3, 0.4) is 0 Å². The van der Waals surface area contributed by atoms with Crippen molar-refractivity contribution < 1.29 is 19.1 Å². The number of nitrogens with one attached hydrogen (secondary N) is 2. The van der Waals surface area contributed by atoms with Gasteiger partial charge in [0, 0.05) is 12.7 Å². The minimum absolute atomic E-state index is 0.162. The third-order valence-electron chi connectivity index (χ3n) is 4.36. The Kier molecular flexibility index (Phi) is 6.13. The molecular weight excluding hydrogens is 390 g/mol. The number of aryl methyl sites for hydroxylation is 1. The summed E-state index contributed by atoms with van der Waals surface area (Å²) >= 11 is 5.07. The summed E-state index contributed by atoms with van der Waals surface area (Å²) < 4.78 is 11.0. The first-order valence-corrected chi connectivity index (χ1v) is 9.27. The number of amides is 2. The van der Waals surface area contributed by atoms with Gasteiger partial charge in [-0.25, -0.2) is 0 Å².